The maximum Gasteiger partial charge on any atom is 0.302 e. The molecule has 70 valence electrons. The maximum atomic E-state index is 11.4. The molecule has 0 aromatic rings. The van der Waals surface area contributed by atoms with Crippen LogP contribution in [0, 0.1) is 5.92 Å². The molecule has 12 heavy (non-hydrogen) atoms. The first kappa shape index (κ1) is 9.52. The van der Waals surface area contributed by atoms with Crippen molar-refractivity contribution in [2.45, 2.75) is 39.3 Å². The smallest absolute Gasteiger partial charge is 0.302 e. The first-order chi connectivity index (χ1) is 5.52. The van der Waals surface area contributed by atoms with Gasteiger partial charge in [-0.15, -0.1) is 0 Å². The van der Waals surface area contributed by atoms with Gasteiger partial charge in [-0.1, -0.05) is 13.8 Å². The molecule has 0 saturated carbocycles. The number of hydrogen-bond acceptors (Lipinski definition) is 1. The normalized spacial score (nSPS) is 30.4. The Labute approximate surface area is 73.4 Å². The second-order valence-electron chi connectivity index (χ2n) is 4.02. The Bertz CT molecular complexity index is 179. The molecule has 1 saturated heterocycles. The summed E-state index contributed by atoms with van der Waals surface area (Å²) in [7, 11) is 0. The fourth-order valence-electron chi connectivity index (χ4n) is 1.65. The number of likely N-dealkylation sites (tertiary alicyclic amines) is 1. The maximum absolute atomic E-state index is 11.4. The zero-order valence-electron chi connectivity index (χ0n) is 8.00. The van der Waals surface area contributed by atoms with Crippen LogP contribution in [0.25, 0.3) is 0 Å². The van der Waals surface area contributed by atoms with E-state index < -0.39 is 6.10 Å². The van der Waals surface area contributed by atoms with E-state index in [9.17, 15) is 4.79 Å². The SMILES string of the molecule is CC(C)CN1C(=O)C([OH2+])CC1C. The van der Waals surface area contributed by atoms with Crippen molar-refractivity contribution >= 4 is 5.91 Å². The number of carbonyl (C=O) groups excluding carboxylic acids is 1. The summed E-state index contributed by atoms with van der Waals surface area (Å²) >= 11 is 0. The van der Waals surface area contributed by atoms with Crippen LogP contribution in [0.15, 0.2) is 0 Å². The summed E-state index contributed by atoms with van der Waals surface area (Å²) in [6, 6.07) is 0.266. The van der Waals surface area contributed by atoms with Crippen molar-refractivity contribution in [2.24, 2.45) is 5.92 Å². The molecule has 0 aromatic carbocycles. The van der Waals surface area contributed by atoms with Crippen LogP contribution in [0.2, 0.25) is 0 Å². The lowest BCUT2D eigenvalue weighted by atomic mass is 10.2. The Morgan fingerprint density at radius 2 is 2.25 bits per heavy atom. The minimum Gasteiger partial charge on any atom is -0.436 e. The van der Waals surface area contributed by atoms with Crippen molar-refractivity contribution in [3.63, 3.8) is 0 Å². The molecule has 3 nitrogen and oxygen atoms in total. The second-order valence-corrected chi connectivity index (χ2v) is 4.02. The Morgan fingerprint density at radius 1 is 1.67 bits per heavy atom. The molecule has 1 rings (SSSR count). The largest absolute Gasteiger partial charge is 0.436 e. The molecule has 0 spiro atoms. The van der Waals surface area contributed by atoms with Crippen molar-refractivity contribution in [1.29, 1.82) is 0 Å². The van der Waals surface area contributed by atoms with Crippen LogP contribution >= 0.6 is 0 Å². The van der Waals surface area contributed by atoms with Crippen molar-refractivity contribution in [3.05, 3.63) is 0 Å². The summed E-state index contributed by atoms with van der Waals surface area (Å²) in [6.07, 6.45) is 0.199. The van der Waals surface area contributed by atoms with Crippen LogP contribution in [-0.2, 0) is 4.79 Å². The van der Waals surface area contributed by atoms with Gasteiger partial charge in [-0.05, 0) is 12.8 Å². The van der Waals surface area contributed by atoms with E-state index in [2.05, 4.69) is 13.8 Å². The quantitative estimate of drug-likeness (QED) is 0.554. The Hall–Kier alpha value is -0.570. The molecule has 1 amide bonds. The highest BCUT2D eigenvalue weighted by atomic mass is 16.3. The molecule has 0 bridgehead atoms. The standard InChI is InChI=1S/C9H17NO2/c1-6(2)5-10-7(3)4-8(11)9(10)12/h6-8,11H,4-5H2,1-3H3/p+1. The molecule has 1 aliphatic rings. The van der Waals surface area contributed by atoms with E-state index in [1.54, 1.807) is 0 Å². The molecule has 2 atom stereocenters. The van der Waals surface area contributed by atoms with Gasteiger partial charge in [-0.25, -0.2) is 0 Å². The van der Waals surface area contributed by atoms with Gasteiger partial charge in [0, 0.05) is 19.0 Å². The average Bonchev–Trinajstić information content (AvgIpc) is 2.16. The molecular weight excluding hydrogens is 154 g/mol. The molecule has 1 fully saturated rings. The van der Waals surface area contributed by atoms with Crippen molar-refractivity contribution in [3.8, 4) is 0 Å². The van der Waals surface area contributed by atoms with Gasteiger partial charge in [-0.2, -0.15) is 0 Å². The Morgan fingerprint density at radius 3 is 2.58 bits per heavy atom. The van der Waals surface area contributed by atoms with Crippen LogP contribution in [-0.4, -0.2) is 34.6 Å². The van der Waals surface area contributed by atoms with Gasteiger partial charge in [0.15, 0.2) is 0 Å². The van der Waals surface area contributed by atoms with E-state index in [1.807, 2.05) is 11.8 Å². The molecule has 0 aromatic heterocycles. The zero-order valence-corrected chi connectivity index (χ0v) is 8.00. The molecule has 0 radical (unpaired) electrons. The third-order valence-electron chi connectivity index (χ3n) is 2.25. The summed E-state index contributed by atoms with van der Waals surface area (Å²) in [6.45, 7) is 7.01. The summed E-state index contributed by atoms with van der Waals surface area (Å²) in [5, 5.41) is 7.45. The number of nitrogens with zero attached hydrogens (tertiary/aromatic N) is 1. The Balaban J connectivity index is 2.57. The number of amides is 1. The molecule has 1 heterocycles. The molecule has 1 aliphatic heterocycles. The van der Waals surface area contributed by atoms with Crippen LogP contribution < -0.4 is 0 Å². The molecular formula is C9H18NO2+. The molecule has 2 unspecified atom stereocenters. The molecule has 2 N–H and O–H groups in total. The predicted octanol–water partition coefficient (Wildman–Crippen LogP) is 0.356. The monoisotopic (exact) mass is 172 g/mol. The summed E-state index contributed by atoms with van der Waals surface area (Å²) in [4.78, 5) is 13.2. The van der Waals surface area contributed by atoms with Gasteiger partial charge in [0.05, 0.1) is 0 Å². The van der Waals surface area contributed by atoms with Crippen LogP contribution in [0.4, 0.5) is 0 Å². The van der Waals surface area contributed by atoms with Gasteiger partial charge < -0.3 is 10.0 Å². The lowest BCUT2D eigenvalue weighted by molar-refractivity contribution is -0.135. The van der Waals surface area contributed by atoms with Gasteiger partial charge >= 0.3 is 5.91 Å². The van der Waals surface area contributed by atoms with Crippen LogP contribution in [0.5, 0.6) is 0 Å². The number of rotatable bonds is 2. The number of carbonyl (C=O) groups is 1. The summed E-state index contributed by atoms with van der Waals surface area (Å²) in [5.74, 6) is 0.512. The van der Waals surface area contributed by atoms with E-state index in [-0.39, 0.29) is 11.9 Å². The van der Waals surface area contributed by atoms with Gasteiger partial charge in [0.1, 0.15) is 0 Å². The molecule has 3 heteroatoms. The minimum absolute atomic E-state index is 0.0104. The third-order valence-corrected chi connectivity index (χ3v) is 2.25. The first-order valence-electron chi connectivity index (χ1n) is 4.54. The van der Waals surface area contributed by atoms with Gasteiger partial charge in [0.2, 0.25) is 6.10 Å². The van der Waals surface area contributed by atoms with E-state index in [1.165, 1.54) is 0 Å². The highest BCUT2D eigenvalue weighted by Crippen LogP contribution is 2.19. The lowest BCUT2D eigenvalue weighted by Gasteiger charge is -2.22. The van der Waals surface area contributed by atoms with Crippen molar-refractivity contribution in [2.75, 3.05) is 6.54 Å². The third kappa shape index (κ3) is 1.78. The first-order valence-corrected chi connectivity index (χ1v) is 4.54. The van der Waals surface area contributed by atoms with Crippen molar-refractivity contribution in [1.82, 2.24) is 4.90 Å². The van der Waals surface area contributed by atoms with Crippen LogP contribution in [0.1, 0.15) is 27.2 Å². The van der Waals surface area contributed by atoms with E-state index in [0.29, 0.717) is 12.3 Å². The summed E-state index contributed by atoms with van der Waals surface area (Å²) in [5.41, 5.74) is 0. The summed E-state index contributed by atoms with van der Waals surface area (Å²) < 4.78 is 0. The highest BCUT2D eigenvalue weighted by molar-refractivity contribution is 5.83. The fourth-order valence-corrected chi connectivity index (χ4v) is 1.65. The highest BCUT2D eigenvalue weighted by Gasteiger charge is 2.39. The molecule has 0 aliphatic carbocycles. The van der Waals surface area contributed by atoms with E-state index in [4.69, 9.17) is 5.11 Å². The number of hydrogen-bond donors (Lipinski definition) is 0. The fraction of sp³-hybridized carbons (Fsp3) is 0.889. The van der Waals surface area contributed by atoms with E-state index in [0.717, 1.165) is 6.54 Å². The van der Waals surface area contributed by atoms with Crippen LogP contribution in [0.3, 0.4) is 0 Å². The van der Waals surface area contributed by atoms with Gasteiger partial charge in [-0.3, -0.25) is 4.79 Å². The Kier molecular flexibility index (Phi) is 2.73. The van der Waals surface area contributed by atoms with Crippen molar-refractivity contribution < 1.29 is 9.90 Å². The predicted molar refractivity (Wildman–Crippen MR) is 48.0 cm³/mol. The average molecular weight is 172 g/mol. The minimum atomic E-state index is -0.501. The van der Waals surface area contributed by atoms with Gasteiger partial charge in [0.25, 0.3) is 0 Å². The lowest BCUT2D eigenvalue weighted by Crippen LogP contribution is -2.36. The van der Waals surface area contributed by atoms with E-state index >= 15 is 0 Å². The zero-order chi connectivity index (χ0) is 9.30. The topological polar surface area (TPSA) is 43.2 Å². The second kappa shape index (κ2) is 3.44.